The molecular weight excluding hydrogens is 471 g/mol. The number of ether oxygens (including phenoxy) is 4. The molecule has 0 aliphatic heterocycles. The first-order valence-corrected chi connectivity index (χ1v) is 11.1. The van der Waals surface area contributed by atoms with Crippen molar-refractivity contribution in [2.75, 3.05) is 34.0 Å². The number of nitrogens with one attached hydrogen (secondary N) is 1. The molecule has 1 amide bonds. The Morgan fingerprint density at radius 3 is 2.36 bits per heavy atom. The van der Waals surface area contributed by atoms with Gasteiger partial charge in [0, 0.05) is 37.5 Å². The molecule has 0 unspecified atom stereocenters. The number of methoxy groups -OCH3 is 2. The Kier molecular flexibility index (Phi) is 10.7. The van der Waals surface area contributed by atoms with Crippen molar-refractivity contribution in [3.8, 4) is 17.2 Å². The molecule has 2 rings (SSSR count). The van der Waals surface area contributed by atoms with Gasteiger partial charge < -0.3 is 24.3 Å². The molecule has 0 radical (unpaired) electrons. The number of hydrogen-bond donors (Lipinski definition) is 1. The van der Waals surface area contributed by atoms with E-state index in [0.717, 1.165) is 0 Å². The van der Waals surface area contributed by atoms with Crippen LogP contribution in [0.3, 0.4) is 0 Å². The first kappa shape index (κ1) is 26.7. The number of amides is 1. The van der Waals surface area contributed by atoms with E-state index in [1.807, 2.05) is 13.8 Å². The van der Waals surface area contributed by atoms with Gasteiger partial charge in [-0.1, -0.05) is 23.2 Å². The number of ketones is 1. The lowest BCUT2D eigenvalue weighted by atomic mass is 10.0. The summed E-state index contributed by atoms with van der Waals surface area (Å²) >= 11 is 12.3. The van der Waals surface area contributed by atoms with Gasteiger partial charge in [-0.05, 0) is 32.4 Å². The molecule has 0 fully saturated rings. The lowest BCUT2D eigenvalue weighted by Crippen LogP contribution is -2.30. The van der Waals surface area contributed by atoms with Crippen molar-refractivity contribution in [1.29, 1.82) is 0 Å². The monoisotopic (exact) mass is 498 g/mol. The van der Waals surface area contributed by atoms with Crippen LogP contribution in [0.5, 0.6) is 17.2 Å². The molecule has 0 saturated heterocycles. The van der Waals surface area contributed by atoms with E-state index in [1.54, 1.807) is 12.1 Å². The van der Waals surface area contributed by atoms with Crippen molar-refractivity contribution >= 4 is 34.9 Å². The summed E-state index contributed by atoms with van der Waals surface area (Å²) in [6.45, 7) is 4.56. The zero-order chi connectivity index (χ0) is 24.4. The summed E-state index contributed by atoms with van der Waals surface area (Å²) in [5.74, 6) is -0.0136. The third kappa shape index (κ3) is 7.77. The summed E-state index contributed by atoms with van der Waals surface area (Å²) in [6.07, 6.45) is 3.55. The van der Waals surface area contributed by atoms with Crippen molar-refractivity contribution in [2.45, 2.75) is 32.8 Å². The second kappa shape index (κ2) is 13.2. The number of benzene rings is 1. The maximum absolute atomic E-state index is 13.1. The number of aromatic nitrogens is 1. The van der Waals surface area contributed by atoms with E-state index < -0.39 is 0 Å². The highest BCUT2D eigenvalue weighted by Crippen LogP contribution is 2.40. The van der Waals surface area contributed by atoms with Crippen LogP contribution >= 0.6 is 23.2 Å². The fourth-order valence-electron chi connectivity index (χ4n) is 2.93. The predicted octanol–water partition coefficient (Wildman–Crippen LogP) is 4.14. The van der Waals surface area contributed by atoms with Crippen molar-refractivity contribution in [2.24, 2.45) is 0 Å². The molecule has 2 aromatic rings. The molecular formula is C23H28Cl2N2O6. The summed E-state index contributed by atoms with van der Waals surface area (Å²) in [5.41, 5.74) is 0.648. The number of Topliss-reactive ketones (excluding diaryl/α,β-unsaturated/α-hetero) is 1. The minimum absolute atomic E-state index is 0.0892. The van der Waals surface area contributed by atoms with E-state index >= 15 is 0 Å². The van der Waals surface area contributed by atoms with E-state index in [0.29, 0.717) is 30.9 Å². The van der Waals surface area contributed by atoms with Gasteiger partial charge in [-0.3, -0.25) is 14.6 Å². The summed E-state index contributed by atoms with van der Waals surface area (Å²) in [7, 11) is 2.88. The Morgan fingerprint density at radius 1 is 1.06 bits per heavy atom. The van der Waals surface area contributed by atoms with E-state index in [-0.39, 0.29) is 57.9 Å². The molecule has 0 bridgehead atoms. The van der Waals surface area contributed by atoms with Crippen LogP contribution in [-0.4, -0.2) is 56.8 Å². The molecule has 1 N–H and O–H groups in total. The zero-order valence-electron chi connectivity index (χ0n) is 19.1. The Bertz CT molecular complexity index is 948. The molecule has 0 saturated carbocycles. The number of carbonyl (C=O) groups is 2. The van der Waals surface area contributed by atoms with E-state index in [9.17, 15) is 9.59 Å². The van der Waals surface area contributed by atoms with E-state index in [2.05, 4.69) is 10.3 Å². The molecule has 1 aromatic carbocycles. The van der Waals surface area contributed by atoms with Crippen molar-refractivity contribution in [1.82, 2.24) is 10.3 Å². The van der Waals surface area contributed by atoms with Crippen molar-refractivity contribution in [3.63, 3.8) is 0 Å². The van der Waals surface area contributed by atoms with E-state index in [1.165, 1.54) is 26.6 Å². The third-order valence-corrected chi connectivity index (χ3v) is 5.18. The first-order valence-electron chi connectivity index (χ1n) is 10.4. The summed E-state index contributed by atoms with van der Waals surface area (Å²) in [5, 5.41) is 3.31. The molecule has 0 spiro atoms. The van der Waals surface area contributed by atoms with Crippen LogP contribution in [0.15, 0.2) is 24.5 Å². The second-order valence-corrected chi connectivity index (χ2v) is 8.09. The quantitative estimate of drug-likeness (QED) is 0.327. The second-order valence-electron chi connectivity index (χ2n) is 7.27. The maximum Gasteiger partial charge on any atom is 0.257 e. The standard InChI is InChI=1S/C23H28Cl2N2O6/c1-14(2)32-9-5-8-27-21(29)13-33-22-15(6-7-20(30-3)23(22)31-4)19(28)10-16-17(24)11-26-12-18(16)25/h6-7,11-12,14H,5,8-10,13H2,1-4H3,(H,27,29). The van der Waals surface area contributed by atoms with Crippen LogP contribution in [0.2, 0.25) is 10.0 Å². The lowest BCUT2D eigenvalue weighted by Gasteiger charge is -2.17. The fraction of sp³-hybridized carbons (Fsp3) is 0.435. The summed E-state index contributed by atoms with van der Waals surface area (Å²) < 4.78 is 21.9. The van der Waals surface area contributed by atoms with Gasteiger partial charge in [-0.15, -0.1) is 0 Å². The summed E-state index contributed by atoms with van der Waals surface area (Å²) in [4.78, 5) is 29.3. The number of carbonyl (C=O) groups excluding carboxylic acids is 2. The van der Waals surface area contributed by atoms with Crippen LogP contribution in [0, 0.1) is 0 Å². The molecule has 0 aliphatic rings. The molecule has 1 heterocycles. The number of rotatable bonds is 13. The maximum atomic E-state index is 13.1. The van der Waals surface area contributed by atoms with E-state index in [4.69, 9.17) is 42.1 Å². The molecule has 1 aromatic heterocycles. The minimum atomic E-state index is -0.344. The number of nitrogens with zero attached hydrogens (tertiary/aromatic N) is 1. The van der Waals surface area contributed by atoms with Crippen LogP contribution in [0.1, 0.15) is 36.2 Å². The smallest absolute Gasteiger partial charge is 0.257 e. The number of halogens is 2. The van der Waals surface area contributed by atoms with Crippen LogP contribution < -0.4 is 19.5 Å². The molecule has 180 valence electrons. The van der Waals surface area contributed by atoms with Gasteiger partial charge in [-0.2, -0.15) is 0 Å². The molecule has 33 heavy (non-hydrogen) atoms. The minimum Gasteiger partial charge on any atom is -0.493 e. The van der Waals surface area contributed by atoms with Gasteiger partial charge in [0.1, 0.15) is 0 Å². The fourth-order valence-corrected chi connectivity index (χ4v) is 3.43. The van der Waals surface area contributed by atoms with Gasteiger partial charge >= 0.3 is 0 Å². The molecule has 8 nitrogen and oxygen atoms in total. The van der Waals surface area contributed by atoms with Crippen LogP contribution in [0.25, 0.3) is 0 Å². The lowest BCUT2D eigenvalue weighted by molar-refractivity contribution is -0.123. The Hall–Kier alpha value is -2.55. The Balaban J connectivity index is 2.16. The van der Waals surface area contributed by atoms with Crippen molar-refractivity contribution < 1.29 is 28.5 Å². The third-order valence-electron chi connectivity index (χ3n) is 4.53. The largest absolute Gasteiger partial charge is 0.493 e. The van der Waals surface area contributed by atoms with Crippen LogP contribution in [-0.2, 0) is 16.0 Å². The van der Waals surface area contributed by atoms with Gasteiger partial charge in [0.15, 0.2) is 23.9 Å². The van der Waals surface area contributed by atoms with Crippen LogP contribution in [0.4, 0.5) is 0 Å². The average molecular weight is 499 g/mol. The normalized spacial score (nSPS) is 10.8. The van der Waals surface area contributed by atoms with Gasteiger partial charge in [0.2, 0.25) is 5.75 Å². The topological polar surface area (TPSA) is 96.0 Å². The molecule has 0 aliphatic carbocycles. The zero-order valence-corrected chi connectivity index (χ0v) is 20.6. The van der Waals surface area contributed by atoms with Gasteiger partial charge in [0.25, 0.3) is 5.91 Å². The highest BCUT2D eigenvalue weighted by molar-refractivity contribution is 6.36. The highest BCUT2D eigenvalue weighted by Gasteiger charge is 2.23. The Labute approximate surface area is 203 Å². The molecule has 10 heteroatoms. The number of hydrogen-bond acceptors (Lipinski definition) is 7. The SMILES string of the molecule is COc1ccc(C(=O)Cc2c(Cl)cncc2Cl)c(OCC(=O)NCCCOC(C)C)c1OC. The van der Waals surface area contributed by atoms with Gasteiger partial charge in [0.05, 0.1) is 35.9 Å². The van der Waals surface area contributed by atoms with Crippen molar-refractivity contribution in [3.05, 3.63) is 45.7 Å². The Morgan fingerprint density at radius 2 is 1.76 bits per heavy atom. The first-order chi connectivity index (χ1) is 15.8. The average Bonchev–Trinajstić information content (AvgIpc) is 2.78. The predicted molar refractivity (Wildman–Crippen MR) is 126 cm³/mol. The number of pyridine rings is 1. The molecule has 0 atom stereocenters. The highest BCUT2D eigenvalue weighted by atomic mass is 35.5. The van der Waals surface area contributed by atoms with Gasteiger partial charge in [-0.25, -0.2) is 0 Å². The summed E-state index contributed by atoms with van der Waals surface area (Å²) in [6, 6.07) is 3.13.